The zero-order chi connectivity index (χ0) is 17.3. The second kappa shape index (κ2) is 6.20. The van der Waals surface area contributed by atoms with E-state index < -0.39 is 0 Å². The number of amides is 1. The van der Waals surface area contributed by atoms with E-state index in [0.717, 1.165) is 5.56 Å². The van der Waals surface area contributed by atoms with Crippen molar-refractivity contribution in [3.8, 4) is 17.1 Å². The predicted molar refractivity (Wildman–Crippen MR) is 92.2 cm³/mol. The van der Waals surface area contributed by atoms with Crippen LogP contribution in [0, 0.1) is 0 Å². The van der Waals surface area contributed by atoms with Crippen LogP contribution in [-0.4, -0.2) is 29.5 Å². The molecule has 1 heterocycles. The van der Waals surface area contributed by atoms with E-state index in [0.29, 0.717) is 12.3 Å². The number of hydrogen-bond donors (Lipinski definition) is 1. The van der Waals surface area contributed by atoms with Crippen molar-refractivity contribution in [2.75, 3.05) is 13.6 Å². The van der Waals surface area contributed by atoms with Gasteiger partial charge in [0.1, 0.15) is 22.5 Å². The van der Waals surface area contributed by atoms with Gasteiger partial charge in [0.25, 0.3) is 5.91 Å². The molecule has 0 aliphatic carbocycles. The maximum atomic E-state index is 12.5. The van der Waals surface area contributed by atoms with Gasteiger partial charge in [-0.25, -0.2) is 0 Å². The van der Waals surface area contributed by atoms with E-state index in [2.05, 4.69) is 0 Å². The number of carbonyl (C=O) groups is 1. The molecule has 0 bridgehead atoms. The third-order valence-corrected chi connectivity index (χ3v) is 3.98. The summed E-state index contributed by atoms with van der Waals surface area (Å²) in [5, 5.41) is 10.4. The van der Waals surface area contributed by atoms with E-state index in [1.165, 1.54) is 17.0 Å². The van der Waals surface area contributed by atoms with Crippen LogP contribution in [0.1, 0.15) is 17.3 Å². The summed E-state index contributed by atoms with van der Waals surface area (Å²) in [5.74, 6) is -0.271. The Hall–Kier alpha value is -3.08. The van der Waals surface area contributed by atoms with Gasteiger partial charge in [-0.05, 0) is 19.1 Å². The monoisotopic (exact) mass is 323 g/mol. The molecular weight excluding hydrogens is 306 g/mol. The third-order valence-electron chi connectivity index (χ3n) is 3.98. The largest absolute Gasteiger partial charge is 0.506 e. The van der Waals surface area contributed by atoms with Crippen molar-refractivity contribution in [3.05, 3.63) is 64.3 Å². The second-order valence-corrected chi connectivity index (χ2v) is 5.50. The first-order valence-corrected chi connectivity index (χ1v) is 7.63. The van der Waals surface area contributed by atoms with Crippen molar-refractivity contribution < 1.29 is 14.3 Å². The first-order valence-electron chi connectivity index (χ1n) is 7.63. The fourth-order valence-corrected chi connectivity index (χ4v) is 2.50. The molecule has 0 saturated heterocycles. The number of phenolic OH excluding ortho intramolecular Hbond substituents is 1. The summed E-state index contributed by atoms with van der Waals surface area (Å²) in [7, 11) is 1.63. The number of rotatable bonds is 3. The molecule has 0 atom stereocenters. The van der Waals surface area contributed by atoms with Gasteiger partial charge in [-0.2, -0.15) is 0 Å². The Balaban J connectivity index is 2.19. The van der Waals surface area contributed by atoms with Gasteiger partial charge >= 0.3 is 0 Å². The fourth-order valence-electron chi connectivity index (χ4n) is 2.50. The average Bonchev–Trinajstić information content (AvgIpc) is 2.61. The molecule has 24 heavy (non-hydrogen) atoms. The van der Waals surface area contributed by atoms with Gasteiger partial charge in [0.2, 0.25) is 0 Å². The predicted octanol–water partition coefficient (Wildman–Crippen LogP) is 3.26. The summed E-state index contributed by atoms with van der Waals surface area (Å²) in [6.45, 7) is 2.33. The van der Waals surface area contributed by atoms with E-state index in [9.17, 15) is 14.7 Å². The summed E-state index contributed by atoms with van der Waals surface area (Å²) in [5.41, 5.74) is 0.712. The van der Waals surface area contributed by atoms with Crippen LogP contribution in [0.2, 0.25) is 0 Å². The maximum absolute atomic E-state index is 12.5. The number of phenols is 1. The van der Waals surface area contributed by atoms with Crippen molar-refractivity contribution in [1.29, 1.82) is 0 Å². The van der Waals surface area contributed by atoms with Gasteiger partial charge in [0.15, 0.2) is 5.43 Å². The minimum absolute atomic E-state index is 0.0186. The Kier molecular flexibility index (Phi) is 4.08. The van der Waals surface area contributed by atoms with E-state index in [4.69, 9.17) is 4.42 Å². The minimum atomic E-state index is -0.388. The topological polar surface area (TPSA) is 70.8 Å². The molecule has 3 aromatic rings. The average molecular weight is 323 g/mol. The van der Waals surface area contributed by atoms with Gasteiger partial charge in [0.05, 0.1) is 5.56 Å². The summed E-state index contributed by atoms with van der Waals surface area (Å²) >= 11 is 0. The summed E-state index contributed by atoms with van der Waals surface area (Å²) in [6.07, 6.45) is 0. The molecule has 1 N–H and O–H groups in total. The van der Waals surface area contributed by atoms with Gasteiger partial charge in [0, 0.05) is 25.2 Å². The molecule has 5 nitrogen and oxygen atoms in total. The molecule has 5 heteroatoms. The zero-order valence-electron chi connectivity index (χ0n) is 13.4. The molecule has 0 unspecified atom stereocenters. The normalized spacial score (nSPS) is 10.8. The van der Waals surface area contributed by atoms with Crippen molar-refractivity contribution in [1.82, 2.24) is 4.90 Å². The standard InChI is InChI=1S/C19H17NO4/c1-3-20(2)19(23)13-9-10-15-17(18(13)22)14(21)11-16(24-15)12-7-5-4-6-8-12/h4-11,22H,3H2,1-2H3. The molecule has 2 aromatic carbocycles. The number of aromatic hydroxyl groups is 1. The molecule has 1 amide bonds. The van der Waals surface area contributed by atoms with Gasteiger partial charge in [-0.3, -0.25) is 9.59 Å². The van der Waals surface area contributed by atoms with E-state index in [1.807, 2.05) is 37.3 Å². The Morgan fingerprint density at radius 3 is 2.54 bits per heavy atom. The smallest absolute Gasteiger partial charge is 0.257 e. The molecule has 0 radical (unpaired) electrons. The van der Waals surface area contributed by atoms with Crippen molar-refractivity contribution in [3.63, 3.8) is 0 Å². The van der Waals surface area contributed by atoms with Crippen LogP contribution < -0.4 is 5.43 Å². The van der Waals surface area contributed by atoms with Crippen molar-refractivity contribution in [2.24, 2.45) is 0 Å². The molecule has 0 spiro atoms. The van der Waals surface area contributed by atoms with Gasteiger partial charge in [-0.15, -0.1) is 0 Å². The number of carbonyl (C=O) groups excluding carboxylic acids is 1. The summed E-state index contributed by atoms with van der Waals surface area (Å²) in [6, 6.07) is 13.6. The van der Waals surface area contributed by atoms with E-state index in [1.54, 1.807) is 13.1 Å². The minimum Gasteiger partial charge on any atom is -0.506 e. The Labute approximate surface area is 138 Å². The first-order chi connectivity index (χ1) is 11.5. The van der Waals surface area contributed by atoms with Crippen LogP contribution in [-0.2, 0) is 0 Å². The quantitative estimate of drug-likeness (QED) is 0.803. The van der Waals surface area contributed by atoms with Crippen LogP contribution in [0.5, 0.6) is 5.75 Å². The second-order valence-electron chi connectivity index (χ2n) is 5.50. The lowest BCUT2D eigenvalue weighted by Gasteiger charge is -2.15. The summed E-state index contributed by atoms with van der Waals surface area (Å²) in [4.78, 5) is 26.2. The highest BCUT2D eigenvalue weighted by Gasteiger charge is 2.19. The highest BCUT2D eigenvalue weighted by molar-refractivity contribution is 6.02. The lowest BCUT2D eigenvalue weighted by molar-refractivity contribution is 0.0799. The molecule has 1 aromatic heterocycles. The fraction of sp³-hybridized carbons (Fsp3) is 0.158. The Morgan fingerprint density at radius 1 is 1.17 bits per heavy atom. The molecule has 0 aliphatic rings. The third kappa shape index (κ3) is 2.65. The first kappa shape index (κ1) is 15.8. The van der Waals surface area contributed by atoms with Gasteiger partial charge < -0.3 is 14.4 Å². The van der Waals surface area contributed by atoms with Crippen LogP contribution in [0.4, 0.5) is 0 Å². The number of nitrogens with zero attached hydrogens (tertiary/aromatic N) is 1. The van der Waals surface area contributed by atoms with Crippen LogP contribution >= 0.6 is 0 Å². The SMILES string of the molecule is CCN(C)C(=O)c1ccc2oc(-c3ccccc3)cc(=O)c2c1O. The molecule has 0 fully saturated rings. The number of fused-ring (bicyclic) bond motifs is 1. The van der Waals surface area contributed by atoms with E-state index in [-0.39, 0.29) is 33.6 Å². The Morgan fingerprint density at radius 2 is 1.88 bits per heavy atom. The highest BCUT2D eigenvalue weighted by Crippen LogP contribution is 2.30. The lowest BCUT2D eigenvalue weighted by atomic mass is 10.1. The van der Waals surface area contributed by atoms with Gasteiger partial charge in [-0.1, -0.05) is 30.3 Å². The van der Waals surface area contributed by atoms with Crippen LogP contribution in [0.3, 0.4) is 0 Å². The zero-order valence-corrected chi connectivity index (χ0v) is 13.4. The van der Waals surface area contributed by atoms with Crippen molar-refractivity contribution >= 4 is 16.9 Å². The number of benzene rings is 2. The molecule has 3 rings (SSSR count). The molecule has 0 saturated carbocycles. The summed E-state index contributed by atoms with van der Waals surface area (Å²) < 4.78 is 5.75. The molecule has 0 aliphatic heterocycles. The Bertz CT molecular complexity index is 960. The van der Waals surface area contributed by atoms with Crippen LogP contribution in [0.15, 0.2) is 57.7 Å². The molecular formula is C19H17NO4. The van der Waals surface area contributed by atoms with Crippen molar-refractivity contribution in [2.45, 2.75) is 6.92 Å². The number of hydrogen-bond acceptors (Lipinski definition) is 4. The lowest BCUT2D eigenvalue weighted by Crippen LogP contribution is -2.26. The van der Waals surface area contributed by atoms with Crippen LogP contribution in [0.25, 0.3) is 22.3 Å². The maximum Gasteiger partial charge on any atom is 0.257 e. The molecule has 122 valence electrons. The highest BCUT2D eigenvalue weighted by atomic mass is 16.3. The van der Waals surface area contributed by atoms with E-state index >= 15 is 0 Å².